The van der Waals surface area contributed by atoms with Gasteiger partial charge in [0.15, 0.2) is 12.2 Å². The first kappa shape index (κ1) is 15.1. The normalized spacial score (nSPS) is 11.9. The maximum atomic E-state index is 11.6. The summed E-state index contributed by atoms with van der Waals surface area (Å²) < 4.78 is 30.3. The van der Waals surface area contributed by atoms with Gasteiger partial charge in [-0.1, -0.05) is 5.92 Å². The van der Waals surface area contributed by atoms with Crippen molar-refractivity contribution < 1.29 is 27.7 Å². The maximum Gasteiger partial charge on any atom is 0.475 e. The number of phosphoric ester groups is 1. The Morgan fingerprint density at radius 1 is 1.38 bits per heavy atom. The van der Waals surface area contributed by atoms with E-state index in [4.69, 9.17) is 10.9 Å². The van der Waals surface area contributed by atoms with E-state index in [2.05, 4.69) is 19.7 Å². The van der Waals surface area contributed by atoms with E-state index in [1.807, 2.05) is 0 Å². The second-order valence-corrected chi connectivity index (χ2v) is 5.00. The van der Waals surface area contributed by atoms with Crippen molar-refractivity contribution >= 4 is 13.8 Å². The lowest BCUT2D eigenvalue weighted by atomic mass is 10.1. The van der Waals surface area contributed by atoms with Crippen molar-refractivity contribution in [1.29, 1.82) is 0 Å². The molecule has 16 heavy (non-hydrogen) atoms. The highest BCUT2D eigenvalue weighted by Gasteiger charge is 2.40. The summed E-state index contributed by atoms with van der Waals surface area (Å²) in [5.74, 6) is 1.38. The molecule has 0 radical (unpaired) electrons. The molecule has 0 aromatic carbocycles. The van der Waals surface area contributed by atoms with Crippen LogP contribution in [0.25, 0.3) is 0 Å². The van der Waals surface area contributed by atoms with Crippen LogP contribution in [0, 0.1) is 12.3 Å². The van der Waals surface area contributed by atoms with Gasteiger partial charge in [0.1, 0.15) is 0 Å². The van der Waals surface area contributed by atoms with Crippen LogP contribution in [0.1, 0.15) is 13.8 Å². The van der Waals surface area contributed by atoms with Crippen LogP contribution in [0.3, 0.4) is 0 Å². The van der Waals surface area contributed by atoms with Crippen LogP contribution in [0.5, 0.6) is 0 Å². The fraction of sp³-hybridized carbons (Fsp3) is 0.667. The Balaban J connectivity index is 4.62. The molecule has 0 aliphatic heterocycles. The highest BCUT2D eigenvalue weighted by Crippen LogP contribution is 2.51. The van der Waals surface area contributed by atoms with E-state index >= 15 is 0 Å². The van der Waals surface area contributed by atoms with Crippen LogP contribution in [-0.4, -0.2) is 32.4 Å². The molecular formula is C9H15O6P. The molecule has 0 aliphatic rings. The average Bonchev–Trinajstić information content (AvgIpc) is 2.24. The molecule has 0 saturated carbocycles. The third-order valence-electron chi connectivity index (χ3n) is 1.57. The summed E-state index contributed by atoms with van der Waals surface area (Å²) in [6.07, 6.45) is 4.93. The van der Waals surface area contributed by atoms with Gasteiger partial charge in [-0.05, 0) is 13.8 Å². The smallest absolute Gasteiger partial charge is 0.450 e. The number of esters is 1. The maximum absolute atomic E-state index is 11.6. The molecule has 0 unspecified atom stereocenters. The number of rotatable bonds is 6. The number of terminal acetylenes is 1. The summed E-state index contributed by atoms with van der Waals surface area (Å²) in [6.45, 7) is 2.56. The minimum absolute atomic E-state index is 0.185. The molecule has 0 aromatic heterocycles. The molecule has 0 rings (SSSR count). The second kappa shape index (κ2) is 6.02. The first-order valence-electron chi connectivity index (χ1n) is 4.34. The largest absolute Gasteiger partial charge is 0.475 e. The summed E-state index contributed by atoms with van der Waals surface area (Å²) in [5.41, 5.74) is -1.47. The zero-order valence-electron chi connectivity index (χ0n) is 9.68. The van der Waals surface area contributed by atoms with E-state index in [1.165, 1.54) is 13.8 Å². The lowest BCUT2D eigenvalue weighted by molar-refractivity contribution is -0.159. The fourth-order valence-electron chi connectivity index (χ4n) is 0.747. The van der Waals surface area contributed by atoms with Gasteiger partial charge in [0.2, 0.25) is 0 Å². The van der Waals surface area contributed by atoms with Gasteiger partial charge < -0.3 is 4.74 Å². The molecule has 0 spiro atoms. The van der Waals surface area contributed by atoms with Gasteiger partial charge in [-0.3, -0.25) is 13.6 Å². The van der Waals surface area contributed by atoms with Crippen LogP contribution >= 0.6 is 7.82 Å². The lowest BCUT2D eigenvalue weighted by Crippen LogP contribution is -2.36. The Bertz CT molecular complexity index is 321. The molecule has 0 N–H and O–H groups in total. The third-order valence-corrected chi connectivity index (χ3v) is 3.14. The zero-order chi connectivity index (χ0) is 12.8. The first-order chi connectivity index (χ1) is 7.31. The zero-order valence-corrected chi connectivity index (χ0v) is 10.6. The van der Waals surface area contributed by atoms with Crippen molar-refractivity contribution in [2.24, 2.45) is 0 Å². The van der Waals surface area contributed by atoms with Crippen molar-refractivity contribution in [2.75, 3.05) is 20.8 Å². The molecular weight excluding hydrogens is 235 g/mol. The van der Waals surface area contributed by atoms with Gasteiger partial charge in [-0.15, -0.1) is 6.42 Å². The van der Waals surface area contributed by atoms with Crippen LogP contribution in [0.4, 0.5) is 0 Å². The molecule has 6 nitrogen and oxygen atoms in total. The van der Waals surface area contributed by atoms with E-state index in [1.54, 1.807) is 0 Å². The number of carbonyl (C=O) groups excluding carboxylic acids is 1. The number of hydrogen-bond donors (Lipinski definition) is 0. The van der Waals surface area contributed by atoms with Gasteiger partial charge in [0.25, 0.3) is 0 Å². The Hall–Kier alpha value is -0.860. The van der Waals surface area contributed by atoms with Gasteiger partial charge >= 0.3 is 13.8 Å². The summed E-state index contributed by atoms with van der Waals surface area (Å²) >= 11 is 0. The molecule has 0 atom stereocenters. The summed E-state index contributed by atoms with van der Waals surface area (Å²) in [5, 5.41) is 0. The van der Waals surface area contributed by atoms with E-state index in [9.17, 15) is 9.36 Å². The quantitative estimate of drug-likeness (QED) is 0.402. The molecule has 0 bridgehead atoms. The van der Waals surface area contributed by atoms with E-state index in [0.29, 0.717) is 0 Å². The Morgan fingerprint density at radius 2 is 1.88 bits per heavy atom. The monoisotopic (exact) mass is 250 g/mol. The summed E-state index contributed by atoms with van der Waals surface area (Å²) in [4.78, 5) is 11.5. The predicted octanol–water partition coefficient (Wildman–Crippen LogP) is 1.36. The number of phosphoric acid groups is 1. The molecule has 7 heteroatoms. The summed E-state index contributed by atoms with van der Waals surface area (Å²) in [7, 11) is -1.45. The van der Waals surface area contributed by atoms with Gasteiger partial charge in [-0.2, -0.15) is 0 Å². The lowest BCUT2D eigenvalue weighted by Gasteiger charge is -2.25. The summed E-state index contributed by atoms with van der Waals surface area (Å²) in [6, 6.07) is 0. The third kappa shape index (κ3) is 4.33. The Morgan fingerprint density at radius 3 is 2.25 bits per heavy atom. The minimum Gasteiger partial charge on any atom is -0.450 e. The van der Waals surface area contributed by atoms with Crippen LogP contribution in [-0.2, 0) is 27.7 Å². The van der Waals surface area contributed by atoms with Crippen LogP contribution in [0.2, 0.25) is 0 Å². The molecule has 92 valence electrons. The average molecular weight is 250 g/mol. The predicted molar refractivity (Wildman–Crippen MR) is 56.6 cm³/mol. The number of ether oxygens (including phenoxy) is 1. The van der Waals surface area contributed by atoms with Crippen LogP contribution < -0.4 is 0 Å². The topological polar surface area (TPSA) is 71.1 Å². The highest BCUT2D eigenvalue weighted by atomic mass is 31.2. The minimum atomic E-state index is -3.74. The molecule has 0 aliphatic carbocycles. The van der Waals surface area contributed by atoms with E-state index in [0.717, 1.165) is 14.2 Å². The fourth-order valence-corrected chi connectivity index (χ4v) is 1.68. The molecule has 0 saturated heterocycles. The SMILES string of the molecule is C#CCOC(=O)C(C)(C)OP(=O)(OC)OC. The van der Waals surface area contributed by atoms with Crippen molar-refractivity contribution in [3.8, 4) is 12.3 Å². The molecule has 0 aromatic rings. The second-order valence-electron chi connectivity index (χ2n) is 3.19. The van der Waals surface area contributed by atoms with Crippen molar-refractivity contribution in [2.45, 2.75) is 19.4 Å². The van der Waals surface area contributed by atoms with Gasteiger partial charge in [-0.25, -0.2) is 9.36 Å². The number of hydrogen-bond acceptors (Lipinski definition) is 6. The molecule has 0 heterocycles. The van der Waals surface area contributed by atoms with Gasteiger partial charge in [0.05, 0.1) is 0 Å². The van der Waals surface area contributed by atoms with Gasteiger partial charge in [0, 0.05) is 14.2 Å². The highest BCUT2D eigenvalue weighted by molar-refractivity contribution is 7.48. The Kier molecular flexibility index (Phi) is 5.70. The first-order valence-corrected chi connectivity index (χ1v) is 5.80. The standard InChI is InChI=1S/C9H15O6P/c1-6-7-14-8(10)9(2,3)15-16(11,12-4)13-5/h1H,7H2,2-5H3. The van der Waals surface area contributed by atoms with Crippen LogP contribution in [0.15, 0.2) is 0 Å². The Labute approximate surface area is 94.8 Å². The van der Waals surface area contributed by atoms with Crippen molar-refractivity contribution in [3.05, 3.63) is 0 Å². The van der Waals surface area contributed by atoms with Crippen molar-refractivity contribution in [3.63, 3.8) is 0 Å². The molecule has 0 fully saturated rings. The molecule has 0 amide bonds. The van der Waals surface area contributed by atoms with Crippen molar-refractivity contribution in [1.82, 2.24) is 0 Å². The van der Waals surface area contributed by atoms with E-state index < -0.39 is 19.4 Å². The van der Waals surface area contributed by atoms with E-state index in [-0.39, 0.29) is 6.61 Å². The number of carbonyl (C=O) groups is 1.